The Balaban J connectivity index is 0. The summed E-state index contributed by atoms with van der Waals surface area (Å²) in [6.45, 7) is 2.11. The molecule has 0 unspecified atom stereocenters. The average Bonchev–Trinajstić information content (AvgIpc) is 2.45. The van der Waals surface area contributed by atoms with Crippen LogP contribution in [-0.4, -0.2) is 14.2 Å². The zero-order valence-electron chi connectivity index (χ0n) is 11.9. The van der Waals surface area contributed by atoms with Crippen LogP contribution in [0.5, 0.6) is 0 Å². The molecule has 0 amide bonds. The van der Waals surface area contributed by atoms with Crippen LogP contribution in [0.1, 0.15) is 45.4 Å². The minimum Gasteiger partial charge on any atom is -0.197 e. The predicted octanol–water partition coefficient (Wildman–Crippen LogP) is 4.38. The molecule has 0 saturated heterocycles. The van der Waals surface area contributed by atoms with Crippen LogP contribution >= 0.6 is 13.5 Å². The van der Waals surface area contributed by atoms with E-state index in [1.165, 1.54) is 6.42 Å². The highest BCUT2D eigenvalue weighted by molar-refractivity contribution is 7.86. The largest absolute Gasteiger partial charge is 0.297 e. The maximum Gasteiger partial charge on any atom is 0.297 e. The molecule has 0 spiro atoms. The molecule has 0 heterocycles. The van der Waals surface area contributed by atoms with Crippen LogP contribution in [0.4, 0.5) is 4.53 Å². The third-order valence-corrected chi connectivity index (χ3v) is 3.49. The van der Waals surface area contributed by atoms with Crippen LogP contribution in [-0.2, 0) is 14.5 Å². The molecule has 0 fully saturated rings. The first-order chi connectivity index (χ1) is 9.12. The van der Waals surface area contributed by atoms with E-state index in [1.807, 2.05) is 36.4 Å². The van der Waals surface area contributed by atoms with Gasteiger partial charge in [0.05, 0.1) is 5.75 Å². The molecule has 1 aromatic rings. The van der Waals surface area contributed by atoms with Crippen molar-refractivity contribution in [3.8, 4) is 0 Å². The average molecular weight is 324 g/mol. The number of rotatable bonds is 8. The first kappa shape index (κ1) is 21.7. The SMILES string of the molecule is CCCCCCCCS(=O)(=O)OF.S.c1ccccc1. The predicted molar refractivity (Wildman–Crippen MR) is 86.2 cm³/mol. The van der Waals surface area contributed by atoms with E-state index in [0.29, 0.717) is 6.42 Å². The maximum absolute atomic E-state index is 11.3. The molecule has 0 saturated carbocycles. The fourth-order valence-electron chi connectivity index (χ4n) is 1.48. The van der Waals surface area contributed by atoms with Gasteiger partial charge in [-0.25, -0.2) is 0 Å². The summed E-state index contributed by atoms with van der Waals surface area (Å²) in [5, 5.41) is 0. The van der Waals surface area contributed by atoms with Crippen molar-refractivity contribution in [1.29, 1.82) is 0 Å². The molecular formula is C14H25FO3S2. The molecule has 0 atom stereocenters. The van der Waals surface area contributed by atoms with Crippen LogP contribution < -0.4 is 0 Å². The Morgan fingerprint density at radius 2 is 1.25 bits per heavy atom. The second-order valence-electron chi connectivity index (χ2n) is 4.25. The van der Waals surface area contributed by atoms with Gasteiger partial charge in [-0.3, -0.25) is 0 Å². The summed E-state index contributed by atoms with van der Waals surface area (Å²) < 4.78 is 35.1. The molecule has 0 aromatic heterocycles. The monoisotopic (exact) mass is 324 g/mol. The van der Waals surface area contributed by atoms with Crippen molar-refractivity contribution in [3.05, 3.63) is 36.4 Å². The third-order valence-electron chi connectivity index (χ3n) is 2.51. The third kappa shape index (κ3) is 15.5. The van der Waals surface area contributed by atoms with Crippen molar-refractivity contribution in [1.82, 2.24) is 0 Å². The van der Waals surface area contributed by atoms with Crippen molar-refractivity contribution < 1.29 is 17.3 Å². The first-order valence-corrected chi connectivity index (χ1v) is 8.23. The maximum atomic E-state index is 11.3. The van der Waals surface area contributed by atoms with Gasteiger partial charge in [0.1, 0.15) is 0 Å². The Bertz CT molecular complexity index is 356. The molecule has 1 rings (SSSR count). The number of halogens is 1. The van der Waals surface area contributed by atoms with Crippen molar-refractivity contribution in [2.45, 2.75) is 45.4 Å². The standard InChI is InChI=1S/C8H17FO3S.C6H6.H2S/c1-2-3-4-5-6-7-8-13(10,11)12-9;1-2-4-6-5-3-1;/h2-8H2,1H3;1-6H;1H2. The van der Waals surface area contributed by atoms with Gasteiger partial charge in [-0.05, 0) is 10.9 Å². The van der Waals surface area contributed by atoms with Crippen molar-refractivity contribution in [2.24, 2.45) is 0 Å². The second-order valence-corrected chi connectivity index (χ2v) is 5.90. The van der Waals surface area contributed by atoms with E-state index in [9.17, 15) is 12.9 Å². The van der Waals surface area contributed by atoms with E-state index < -0.39 is 10.1 Å². The summed E-state index contributed by atoms with van der Waals surface area (Å²) in [5.41, 5.74) is 0. The number of benzene rings is 1. The van der Waals surface area contributed by atoms with Gasteiger partial charge in [-0.1, -0.05) is 79.8 Å². The number of unbranched alkanes of at least 4 members (excludes halogenated alkanes) is 5. The van der Waals surface area contributed by atoms with Gasteiger partial charge in [0.25, 0.3) is 10.1 Å². The molecule has 6 heteroatoms. The Labute approximate surface area is 129 Å². The highest BCUT2D eigenvalue weighted by Gasteiger charge is 2.09. The lowest BCUT2D eigenvalue weighted by molar-refractivity contribution is 0.00288. The summed E-state index contributed by atoms with van der Waals surface area (Å²) >= 11 is 0. The van der Waals surface area contributed by atoms with E-state index in [2.05, 4.69) is 11.3 Å². The van der Waals surface area contributed by atoms with E-state index in [1.54, 1.807) is 0 Å². The van der Waals surface area contributed by atoms with E-state index in [0.717, 1.165) is 25.7 Å². The topological polar surface area (TPSA) is 43.4 Å². The lowest BCUT2D eigenvalue weighted by Gasteiger charge is -1.99. The Morgan fingerprint density at radius 1 is 0.850 bits per heavy atom. The molecule has 0 N–H and O–H groups in total. The molecule has 0 bridgehead atoms. The van der Waals surface area contributed by atoms with Crippen LogP contribution in [0, 0.1) is 0 Å². The minimum absolute atomic E-state index is 0. The van der Waals surface area contributed by atoms with Crippen molar-refractivity contribution >= 4 is 23.6 Å². The number of hydrogen-bond acceptors (Lipinski definition) is 3. The van der Waals surface area contributed by atoms with Crippen LogP contribution in [0.25, 0.3) is 0 Å². The molecule has 1 aromatic carbocycles. The molecule has 20 heavy (non-hydrogen) atoms. The van der Waals surface area contributed by atoms with Crippen LogP contribution in [0.3, 0.4) is 0 Å². The van der Waals surface area contributed by atoms with Gasteiger partial charge >= 0.3 is 0 Å². The molecule has 118 valence electrons. The quantitative estimate of drug-likeness (QED) is 0.667. The van der Waals surface area contributed by atoms with Gasteiger partial charge < -0.3 is 0 Å². The second kappa shape index (κ2) is 14.8. The summed E-state index contributed by atoms with van der Waals surface area (Å²) in [6.07, 6.45) is 5.76. The summed E-state index contributed by atoms with van der Waals surface area (Å²) in [5.74, 6) is -0.213. The first-order valence-electron chi connectivity index (χ1n) is 6.65. The lowest BCUT2D eigenvalue weighted by Crippen LogP contribution is -2.05. The molecule has 0 aliphatic rings. The van der Waals surface area contributed by atoms with Gasteiger partial charge in [0, 0.05) is 0 Å². The minimum atomic E-state index is -3.88. The lowest BCUT2D eigenvalue weighted by atomic mass is 10.1. The highest BCUT2D eigenvalue weighted by Crippen LogP contribution is 2.07. The zero-order chi connectivity index (χ0) is 14.4. The molecule has 0 aliphatic heterocycles. The van der Waals surface area contributed by atoms with Gasteiger partial charge in [0.2, 0.25) is 0 Å². The fraction of sp³-hybridized carbons (Fsp3) is 0.571. The summed E-state index contributed by atoms with van der Waals surface area (Å²) in [4.78, 5) is 0. The normalized spacial score (nSPS) is 10.1. The van der Waals surface area contributed by atoms with Gasteiger partial charge in [-0.2, -0.15) is 21.9 Å². The fourth-order valence-corrected chi connectivity index (χ4v) is 2.10. The summed E-state index contributed by atoms with van der Waals surface area (Å²) in [7, 11) is -3.88. The highest BCUT2D eigenvalue weighted by atomic mass is 32.2. The Morgan fingerprint density at radius 3 is 1.65 bits per heavy atom. The van der Waals surface area contributed by atoms with Gasteiger partial charge in [0.15, 0.2) is 0 Å². The molecule has 0 aliphatic carbocycles. The molecule has 3 nitrogen and oxygen atoms in total. The molecule has 0 radical (unpaired) electrons. The van der Waals surface area contributed by atoms with Crippen LogP contribution in [0.2, 0.25) is 0 Å². The smallest absolute Gasteiger partial charge is 0.197 e. The van der Waals surface area contributed by atoms with Crippen molar-refractivity contribution in [3.63, 3.8) is 0 Å². The van der Waals surface area contributed by atoms with E-state index in [-0.39, 0.29) is 19.2 Å². The zero-order valence-corrected chi connectivity index (χ0v) is 13.7. The Kier molecular flexibility index (Phi) is 16.1. The van der Waals surface area contributed by atoms with E-state index in [4.69, 9.17) is 0 Å². The van der Waals surface area contributed by atoms with Gasteiger partial charge in [-0.15, -0.1) is 0 Å². The van der Waals surface area contributed by atoms with Crippen LogP contribution in [0.15, 0.2) is 36.4 Å². The number of hydrogen-bond donors (Lipinski definition) is 0. The molecular weight excluding hydrogens is 299 g/mol. The van der Waals surface area contributed by atoms with E-state index >= 15 is 0 Å². The van der Waals surface area contributed by atoms with Crippen molar-refractivity contribution in [2.75, 3.05) is 5.75 Å². The Hall–Kier alpha value is -0.590. The summed E-state index contributed by atoms with van der Waals surface area (Å²) in [6, 6.07) is 12.0.